The summed E-state index contributed by atoms with van der Waals surface area (Å²) in [5, 5.41) is 3.56. The molecule has 1 aromatic heterocycles. The van der Waals surface area contributed by atoms with Gasteiger partial charge in [-0.25, -0.2) is 18.4 Å². The molecule has 0 aliphatic carbocycles. The number of aromatic nitrogens is 2. The van der Waals surface area contributed by atoms with Gasteiger partial charge < -0.3 is 5.32 Å². The van der Waals surface area contributed by atoms with Crippen molar-refractivity contribution in [2.75, 3.05) is 23.9 Å². The van der Waals surface area contributed by atoms with Crippen LogP contribution in [-0.4, -0.2) is 36.9 Å². The van der Waals surface area contributed by atoms with E-state index in [2.05, 4.69) is 15.3 Å². The lowest BCUT2D eigenvalue weighted by molar-refractivity contribution is 0.600. The quantitative estimate of drug-likeness (QED) is 0.645. The van der Waals surface area contributed by atoms with Crippen molar-refractivity contribution in [3.05, 3.63) is 16.5 Å². The highest BCUT2D eigenvalue weighted by atomic mass is 35.5. The summed E-state index contributed by atoms with van der Waals surface area (Å²) in [6.45, 7) is 6.37. The number of sulfone groups is 1. The SMILES string of the molecule is Cc1c(Cl)nc(C(C)C)nc1NCCCS(C)(=O)=O. The monoisotopic (exact) mass is 305 g/mol. The van der Waals surface area contributed by atoms with E-state index in [1.165, 1.54) is 6.26 Å². The van der Waals surface area contributed by atoms with Crippen LogP contribution in [0, 0.1) is 6.92 Å². The Labute approximate surface area is 119 Å². The molecule has 0 aliphatic rings. The largest absolute Gasteiger partial charge is 0.370 e. The molecule has 0 saturated carbocycles. The van der Waals surface area contributed by atoms with Crippen molar-refractivity contribution >= 4 is 27.3 Å². The summed E-state index contributed by atoms with van der Waals surface area (Å²) < 4.78 is 22.1. The van der Waals surface area contributed by atoms with Crippen LogP contribution in [0.4, 0.5) is 5.82 Å². The maximum atomic E-state index is 11.0. The van der Waals surface area contributed by atoms with Gasteiger partial charge in [0.05, 0.1) is 5.75 Å². The second-order valence-corrected chi connectivity index (χ2v) is 7.53. The normalized spacial score (nSPS) is 11.9. The van der Waals surface area contributed by atoms with E-state index < -0.39 is 9.84 Å². The summed E-state index contributed by atoms with van der Waals surface area (Å²) >= 11 is 6.06. The summed E-state index contributed by atoms with van der Waals surface area (Å²) in [5.41, 5.74) is 0.783. The molecule has 7 heteroatoms. The van der Waals surface area contributed by atoms with Crippen molar-refractivity contribution in [3.8, 4) is 0 Å². The fourth-order valence-electron chi connectivity index (χ4n) is 1.48. The van der Waals surface area contributed by atoms with Crippen molar-refractivity contribution in [2.24, 2.45) is 0 Å². The summed E-state index contributed by atoms with van der Waals surface area (Å²) in [7, 11) is -2.92. The van der Waals surface area contributed by atoms with Gasteiger partial charge in [0, 0.05) is 24.3 Å². The molecule has 1 N–H and O–H groups in total. The van der Waals surface area contributed by atoms with Crippen molar-refractivity contribution < 1.29 is 8.42 Å². The van der Waals surface area contributed by atoms with Crippen molar-refractivity contribution in [2.45, 2.75) is 33.1 Å². The molecule has 0 aromatic carbocycles. The zero-order valence-corrected chi connectivity index (χ0v) is 13.3. The summed E-state index contributed by atoms with van der Waals surface area (Å²) in [5.74, 6) is 1.71. The number of anilines is 1. The fraction of sp³-hybridized carbons (Fsp3) is 0.667. The first-order valence-corrected chi connectivity index (χ1v) is 8.60. The van der Waals surface area contributed by atoms with E-state index in [1.54, 1.807) is 0 Å². The molecule has 19 heavy (non-hydrogen) atoms. The average Bonchev–Trinajstić information content (AvgIpc) is 2.27. The van der Waals surface area contributed by atoms with Gasteiger partial charge in [-0.15, -0.1) is 0 Å². The minimum absolute atomic E-state index is 0.162. The van der Waals surface area contributed by atoms with Gasteiger partial charge in [-0.2, -0.15) is 0 Å². The molecular formula is C12H20ClN3O2S. The molecule has 1 rings (SSSR count). The Balaban J connectivity index is 2.72. The highest BCUT2D eigenvalue weighted by Crippen LogP contribution is 2.22. The molecule has 0 radical (unpaired) electrons. The Hall–Kier alpha value is -0.880. The standard InChI is InChI=1S/C12H20ClN3O2S/c1-8(2)11-15-10(13)9(3)12(16-11)14-6-5-7-19(4,17)18/h8H,5-7H2,1-4H3,(H,14,15,16). The van der Waals surface area contributed by atoms with Crippen molar-refractivity contribution in [1.29, 1.82) is 0 Å². The molecule has 0 aliphatic heterocycles. The lowest BCUT2D eigenvalue weighted by Gasteiger charge is -2.12. The predicted octanol–water partition coefficient (Wildman–Crippen LogP) is 2.41. The van der Waals surface area contributed by atoms with Crippen LogP contribution in [0.3, 0.4) is 0 Å². The topological polar surface area (TPSA) is 72.0 Å². The first-order chi connectivity index (χ1) is 8.70. The lowest BCUT2D eigenvalue weighted by Crippen LogP contribution is -2.12. The molecule has 0 saturated heterocycles. The third kappa shape index (κ3) is 5.32. The number of halogens is 1. The fourth-order valence-corrected chi connectivity index (χ4v) is 2.32. The minimum Gasteiger partial charge on any atom is -0.370 e. The van der Waals surface area contributed by atoms with Crippen LogP contribution >= 0.6 is 11.6 Å². The smallest absolute Gasteiger partial charge is 0.147 e. The Morgan fingerprint density at radius 2 is 1.95 bits per heavy atom. The summed E-state index contributed by atoms with van der Waals surface area (Å²) in [6, 6.07) is 0. The third-order valence-corrected chi connectivity index (χ3v) is 4.00. The minimum atomic E-state index is -2.92. The first-order valence-electron chi connectivity index (χ1n) is 6.16. The first kappa shape index (κ1) is 16.2. The van der Waals surface area contributed by atoms with Crippen LogP contribution in [0.15, 0.2) is 0 Å². The molecule has 0 spiro atoms. The van der Waals surface area contributed by atoms with Gasteiger partial charge in [-0.05, 0) is 13.3 Å². The molecular weight excluding hydrogens is 286 g/mol. The lowest BCUT2D eigenvalue weighted by atomic mass is 10.2. The van der Waals surface area contributed by atoms with E-state index in [4.69, 9.17) is 11.6 Å². The molecule has 5 nitrogen and oxygen atoms in total. The Morgan fingerprint density at radius 3 is 2.47 bits per heavy atom. The number of hydrogen-bond acceptors (Lipinski definition) is 5. The van der Waals surface area contributed by atoms with Gasteiger partial charge >= 0.3 is 0 Å². The van der Waals surface area contributed by atoms with Gasteiger partial charge in [0.15, 0.2) is 0 Å². The average molecular weight is 306 g/mol. The zero-order chi connectivity index (χ0) is 14.6. The van der Waals surface area contributed by atoms with Crippen LogP contribution in [-0.2, 0) is 9.84 Å². The van der Waals surface area contributed by atoms with E-state index in [1.807, 2.05) is 20.8 Å². The Kier molecular flexibility index (Phi) is 5.55. The molecule has 0 atom stereocenters. The highest BCUT2D eigenvalue weighted by Gasteiger charge is 2.11. The molecule has 0 unspecified atom stereocenters. The van der Waals surface area contributed by atoms with Crippen LogP contribution in [0.5, 0.6) is 0 Å². The maximum absolute atomic E-state index is 11.0. The van der Waals surface area contributed by atoms with Crippen LogP contribution in [0.25, 0.3) is 0 Å². The Morgan fingerprint density at radius 1 is 1.32 bits per heavy atom. The van der Waals surface area contributed by atoms with E-state index in [-0.39, 0.29) is 11.7 Å². The molecule has 1 heterocycles. The van der Waals surface area contributed by atoms with Gasteiger partial charge in [-0.3, -0.25) is 0 Å². The summed E-state index contributed by atoms with van der Waals surface area (Å²) in [4.78, 5) is 8.63. The molecule has 0 bridgehead atoms. The van der Waals surface area contributed by atoms with Gasteiger partial charge in [0.2, 0.25) is 0 Å². The van der Waals surface area contributed by atoms with E-state index in [9.17, 15) is 8.42 Å². The second-order valence-electron chi connectivity index (χ2n) is 4.91. The molecule has 0 amide bonds. The highest BCUT2D eigenvalue weighted by molar-refractivity contribution is 7.90. The maximum Gasteiger partial charge on any atom is 0.147 e. The number of hydrogen-bond donors (Lipinski definition) is 1. The van der Waals surface area contributed by atoms with Gasteiger partial charge in [0.1, 0.15) is 26.6 Å². The second kappa shape index (κ2) is 6.52. The molecule has 0 fully saturated rings. The van der Waals surface area contributed by atoms with E-state index in [0.29, 0.717) is 29.8 Å². The Bertz CT molecular complexity index is 544. The number of nitrogens with zero attached hydrogens (tertiary/aromatic N) is 2. The molecule has 108 valence electrons. The van der Waals surface area contributed by atoms with Crippen molar-refractivity contribution in [3.63, 3.8) is 0 Å². The number of nitrogens with one attached hydrogen (secondary N) is 1. The van der Waals surface area contributed by atoms with Crippen LogP contribution < -0.4 is 5.32 Å². The molecule has 1 aromatic rings. The third-order valence-electron chi connectivity index (χ3n) is 2.60. The predicted molar refractivity (Wildman–Crippen MR) is 78.7 cm³/mol. The number of rotatable bonds is 6. The zero-order valence-electron chi connectivity index (χ0n) is 11.7. The summed E-state index contributed by atoms with van der Waals surface area (Å²) in [6.07, 6.45) is 1.77. The van der Waals surface area contributed by atoms with E-state index >= 15 is 0 Å². The van der Waals surface area contributed by atoms with Crippen LogP contribution in [0.1, 0.15) is 37.6 Å². The van der Waals surface area contributed by atoms with Crippen molar-refractivity contribution in [1.82, 2.24) is 9.97 Å². The van der Waals surface area contributed by atoms with Crippen LogP contribution in [0.2, 0.25) is 5.15 Å². The van der Waals surface area contributed by atoms with E-state index in [0.717, 1.165) is 5.56 Å². The van der Waals surface area contributed by atoms with Gasteiger partial charge in [-0.1, -0.05) is 25.4 Å². The van der Waals surface area contributed by atoms with Gasteiger partial charge in [0.25, 0.3) is 0 Å².